The van der Waals surface area contributed by atoms with E-state index in [1.807, 2.05) is 37.3 Å². The summed E-state index contributed by atoms with van der Waals surface area (Å²) in [5.41, 5.74) is 1.11. The highest BCUT2D eigenvalue weighted by atomic mass is 32.2. The molecule has 0 radical (unpaired) electrons. The van der Waals surface area contributed by atoms with Crippen LogP contribution < -0.4 is 10.2 Å². The molecule has 138 valence electrons. The van der Waals surface area contributed by atoms with Crippen molar-refractivity contribution < 1.29 is 4.79 Å². The molecule has 1 unspecified atom stereocenters. The molecule has 1 amide bonds. The molecule has 4 rings (SSSR count). The summed E-state index contributed by atoms with van der Waals surface area (Å²) in [5.74, 6) is 1.38. The van der Waals surface area contributed by atoms with E-state index in [-0.39, 0.29) is 11.9 Å². The smallest absolute Gasteiger partial charge is 0.230 e. The topological polar surface area (TPSA) is 63.1 Å². The second-order valence-electron chi connectivity index (χ2n) is 7.07. The van der Waals surface area contributed by atoms with Gasteiger partial charge in [0, 0.05) is 19.1 Å². The molecule has 1 N–H and O–H groups in total. The number of nitrogens with zero attached hydrogens (tertiary/aromatic N) is 4. The van der Waals surface area contributed by atoms with Crippen molar-refractivity contribution in [3.05, 3.63) is 35.9 Å². The zero-order chi connectivity index (χ0) is 17.9. The molecule has 1 atom stereocenters. The minimum atomic E-state index is 0.00534. The number of carbonyl (C=O) groups is 1. The quantitative estimate of drug-likeness (QED) is 0.758. The number of hydrogen-bond acceptors (Lipinski definition) is 5. The van der Waals surface area contributed by atoms with Gasteiger partial charge in [0.2, 0.25) is 11.9 Å². The van der Waals surface area contributed by atoms with Gasteiger partial charge in [-0.2, -0.15) is 0 Å². The van der Waals surface area contributed by atoms with E-state index in [4.69, 9.17) is 0 Å². The molecule has 2 fully saturated rings. The number of hydrogen-bond donors (Lipinski definition) is 1. The van der Waals surface area contributed by atoms with Crippen LogP contribution in [0.25, 0.3) is 0 Å². The summed E-state index contributed by atoms with van der Waals surface area (Å²) in [5, 5.41) is 12.8. The average Bonchev–Trinajstić information content (AvgIpc) is 3.18. The third-order valence-electron chi connectivity index (χ3n) is 4.96. The normalized spacial score (nSPS) is 18.1. The lowest BCUT2D eigenvalue weighted by Crippen LogP contribution is -2.28. The predicted octanol–water partition coefficient (Wildman–Crippen LogP) is 3.18. The Balaban J connectivity index is 1.37. The molecule has 7 heteroatoms. The van der Waals surface area contributed by atoms with Crippen molar-refractivity contribution in [3.63, 3.8) is 0 Å². The fourth-order valence-corrected chi connectivity index (χ4v) is 4.20. The zero-order valence-corrected chi connectivity index (χ0v) is 15.9. The molecule has 6 nitrogen and oxygen atoms in total. The maximum atomic E-state index is 12.4. The van der Waals surface area contributed by atoms with Gasteiger partial charge in [-0.3, -0.25) is 9.36 Å². The van der Waals surface area contributed by atoms with Crippen molar-refractivity contribution in [2.45, 2.75) is 49.8 Å². The maximum Gasteiger partial charge on any atom is 0.230 e. The van der Waals surface area contributed by atoms with E-state index in [2.05, 4.69) is 25.0 Å². The summed E-state index contributed by atoms with van der Waals surface area (Å²) < 4.78 is 2.25. The van der Waals surface area contributed by atoms with Crippen molar-refractivity contribution in [1.29, 1.82) is 0 Å². The molecule has 1 aliphatic carbocycles. The molecule has 1 aromatic carbocycles. The predicted molar refractivity (Wildman–Crippen MR) is 103 cm³/mol. The van der Waals surface area contributed by atoms with Crippen LogP contribution in [0.2, 0.25) is 0 Å². The van der Waals surface area contributed by atoms with Crippen LogP contribution >= 0.6 is 11.8 Å². The van der Waals surface area contributed by atoms with E-state index in [9.17, 15) is 4.79 Å². The molecule has 0 bridgehead atoms. The second kappa shape index (κ2) is 7.70. The fraction of sp³-hybridized carbons (Fsp3) is 0.526. The van der Waals surface area contributed by atoms with E-state index in [1.165, 1.54) is 37.4 Å². The highest BCUT2D eigenvalue weighted by Gasteiger charge is 2.32. The molecular weight excluding hydrogens is 346 g/mol. The number of benzene rings is 1. The molecule has 26 heavy (non-hydrogen) atoms. The molecule has 1 aliphatic heterocycles. The standard InChI is InChI=1S/C19H25N5OS/c1-14(15-7-3-2-4-8-15)20-17(25)13-26-19-22-21-18(23-11-5-6-12-23)24(19)16-9-10-16/h2-4,7-8,14,16H,5-6,9-13H2,1H3,(H,20,25). The highest BCUT2D eigenvalue weighted by Crippen LogP contribution is 2.41. The minimum absolute atomic E-state index is 0.00534. The van der Waals surface area contributed by atoms with Gasteiger partial charge in [-0.15, -0.1) is 10.2 Å². The second-order valence-corrected chi connectivity index (χ2v) is 8.01. The first-order valence-corrected chi connectivity index (χ1v) is 10.4. The summed E-state index contributed by atoms with van der Waals surface area (Å²) >= 11 is 1.49. The largest absolute Gasteiger partial charge is 0.349 e. The van der Waals surface area contributed by atoms with Crippen molar-refractivity contribution >= 4 is 23.6 Å². The van der Waals surface area contributed by atoms with Gasteiger partial charge in [0.25, 0.3) is 0 Å². The van der Waals surface area contributed by atoms with Crippen LogP contribution in [0.3, 0.4) is 0 Å². The summed E-state index contributed by atoms with van der Waals surface area (Å²) in [6.45, 7) is 4.13. The van der Waals surface area contributed by atoms with Gasteiger partial charge in [0.15, 0.2) is 5.16 Å². The number of anilines is 1. The molecule has 2 heterocycles. The van der Waals surface area contributed by atoms with E-state index < -0.39 is 0 Å². The number of aromatic nitrogens is 3. The Morgan fingerprint density at radius 1 is 1.23 bits per heavy atom. The number of carbonyl (C=O) groups excluding carboxylic acids is 1. The summed E-state index contributed by atoms with van der Waals surface area (Å²) in [6, 6.07) is 10.5. The van der Waals surface area contributed by atoms with Gasteiger partial charge in [0.05, 0.1) is 11.8 Å². The first-order chi connectivity index (χ1) is 12.7. The molecule has 1 saturated carbocycles. The van der Waals surface area contributed by atoms with Gasteiger partial charge in [-0.25, -0.2) is 0 Å². The van der Waals surface area contributed by atoms with Gasteiger partial charge in [0.1, 0.15) is 0 Å². The molecule has 1 aromatic heterocycles. The Morgan fingerprint density at radius 3 is 2.65 bits per heavy atom. The van der Waals surface area contributed by atoms with Crippen molar-refractivity contribution in [2.24, 2.45) is 0 Å². The number of thioether (sulfide) groups is 1. The Morgan fingerprint density at radius 2 is 1.96 bits per heavy atom. The Kier molecular flexibility index (Phi) is 5.15. The summed E-state index contributed by atoms with van der Waals surface area (Å²) in [7, 11) is 0. The molecule has 0 spiro atoms. The lowest BCUT2D eigenvalue weighted by Gasteiger charge is -2.18. The van der Waals surface area contributed by atoms with Crippen LogP contribution in [-0.4, -0.2) is 39.5 Å². The third kappa shape index (κ3) is 3.87. The maximum absolute atomic E-state index is 12.4. The lowest BCUT2D eigenvalue weighted by molar-refractivity contribution is -0.119. The third-order valence-corrected chi connectivity index (χ3v) is 5.90. The number of rotatable bonds is 7. The van der Waals surface area contributed by atoms with Crippen molar-refractivity contribution in [3.8, 4) is 0 Å². The molecule has 1 saturated heterocycles. The minimum Gasteiger partial charge on any atom is -0.349 e. The SMILES string of the molecule is CC(NC(=O)CSc1nnc(N2CCCC2)n1C1CC1)c1ccccc1. The van der Waals surface area contributed by atoms with E-state index in [0.29, 0.717) is 11.8 Å². The van der Waals surface area contributed by atoms with Gasteiger partial charge < -0.3 is 10.2 Å². The zero-order valence-electron chi connectivity index (χ0n) is 15.1. The Bertz CT molecular complexity index is 753. The molecular formula is C19H25N5OS. The van der Waals surface area contributed by atoms with Gasteiger partial charge in [-0.1, -0.05) is 42.1 Å². The monoisotopic (exact) mass is 371 g/mol. The number of nitrogens with one attached hydrogen (secondary N) is 1. The summed E-state index contributed by atoms with van der Waals surface area (Å²) in [6.07, 6.45) is 4.81. The van der Waals surface area contributed by atoms with Crippen molar-refractivity contribution in [2.75, 3.05) is 23.7 Å². The average molecular weight is 372 g/mol. The Hall–Kier alpha value is -2.02. The first-order valence-electron chi connectivity index (χ1n) is 9.39. The number of amides is 1. The van der Waals surface area contributed by atoms with Crippen molar-refractivity contribution in [1.82, 2.24) is 20.1 Å². The fourth-order valence-electron chi connectivity index (χ4n) is 3.39. The molecule has 2 aliphatic rings. The van der Waals surface area contributed by atoms with Crippen LogP contribution in [0.1, 0.15) is 50.3 Å². The highest BCUT2D eigenvalue weighted by molar-refractivity contribution is 7.99. The van der Waals surface area contributed by atoms with E-state index in [0.717, 1.165) is 29.8 Å². The lowest BCUT2D eigenvalue weighted by atomic mass is 10.1. The van der Waals surface area contributed by atoms with Crippen LogP contribution in [0.5, 0.6) is 0 Å². The first kappa shape index (κ1) is 17.4. The summed E-state index contributed by atoms with van der Waals surface area (Å²) in [4.78, 5) is 14.7. The van der Waals surface area contributed by atoms with Gasteiger partial charge >= 0.3 is 0 Å². The van der Waals surface area contributed by atoms with Crippen LogP contribution in [0.4, 0.5) is 5.95 Å². The Labute approximate surface area is 158 Å². The van der Waals surface area contributed by atoms with Gasteiger partial charge in [-0.05, 0) is 38.2 Å². The molecule has 2 aromatic rings. The van der Waals surface area contributed by atoms with Crippen LogP contribution in [0.15, 0.2) is 35.5 Å². The van der Waals surface area contributed by atoms with Crippen LogP contribution in [0, 0.1) is 0 Å². The van der Waals surface area contributed by atoms with E-state index in [1.54, 1.807) is 0 Å². The van der Waals surface area contributed by atoms with E-state index >= 15 is 0 Å². The van der Waals surface area contributed by atoms with Crippen LogP contribution in [-0.2, 0) is 4.79 Å².